The van der Waals surface area contributed by atoms with Crippen LogP contribution >= 0.6 is 31.9 Å². The fourth-order valence-electron chi connectivity index (χ4n) is 1.76. The van der Waals surface area contributed by atoms with Crippen molar-refractivity contribution in [3.8, 4) is 11.1 Å². The number of nitrogen functional groups attached to an aromatic ring is 2. The molecular weight excluding hydrogens is 376 g/mol. The van der Waals surface area contributed by atoms with Crippen LogP contribution in [-0.2, 0) is 0 Å². The van der Waals surface area contributed by atoms with E-state index in [1.165, 1.54) is 6.07 Å². The first kappa shape index (κ1) is 13.9. The van der Waals surface area contributed by atoms with Gasteiger partial charge in [0.15, 0.2) is 0 Å². The molecule has 0 spiro atoms. The van der Waals surface area contributed by atoms with Crippen LogP contribution in [0.4, 0.5) is 11.4 Å². The van der Waals surface area contributed by atoms with Crippen molar-refractivity contribution >= 4 is 49.2 Å². The number of nitrogens with two attached hydrogens (primary N) is 2. The first-order valence-corrected chi connectivity index (χ1v) is 6.87. The van der Waals surface area contributed by atoms with Gasteiger partial charge in [0.1, 0.15) is 0 Å². The second-order valence-corrected chi connectivity index (χ2v) is 5.58. The molecule has 98 valence electrons. The maximum atomic E-state index is 11.2. The van der Waals surface area contributed by atoms with Gasteiger partial charge in [-0.05, 0) is 45.8 Å². The summed E-state index contributed by atoms with van der Waals surface area (Å²) in [6, 6.07) is 8.32. The van der Waals surface area contributed by atoms with E-state index < -0.39 is 5.97 Å². The van der Waals surface area contributed by atoms with Crippen LogP contribution in [0, 0.1) is 0 Å². The fourth-order valence-corrected chi connectivity index (χ4v) is 3.10. The van der Waals surface area contributed by atoms with Crippen molar-refractivity contribution in [1.82, 2.24) is 0 Å². The van der Waals surface area contributed by atoms with Gasteiger partial charge in [-0.25, -0.2) is 4.79 Å². The second-order valence-electron chi connectivity index (χ2n) is 3.94. The molecule has 0 amide bonds. The van der Waals surface area contributed by atoms with Gasteiger partial charge in [0.25, 0.3) is 0 Å². The first-order valence-electron chi connectivity index (χ1n) is 5.28. The van der Waals surface area contributed by atoms with Gasteiger partial charge >= 0.3 is 5.97 Å². The summed E-state index contributed by atoms with van der Waals surface area (Å²) >= 11 is 6.72. The van der Waals surface area contributed by atoms with Crippen LogP contribution in [0.25, 0.3) is 11.1 Å². The maximum absolute atomic E-state index is 11.2. The lowest BCUT2D eigenvalue weighted by atomic mass is 10.0. The Morgan fingerprint density at radius 2 is 1.79 bits per heavy atom. The molecule has 5 N–H and O–H groups in total. The Balaban J connectivity index is 2.74. The third kappa shape index (κ3) is 2.59. The molecule has 0 aliphatic carbocycles. The maximum Gasteiger partial charge on any atom is 0.336 e. The molecule has 4 nitrogen and oxygen atoms in total. The number of hydrogen-bond donors (Lipinski definition) is 3. The van der Waals surface area contributed by atoms with E-state index in [2.05, 4.69) is 31.9 Å². The number of carboxylic acids is 1. The van der Waals surface area contributed by atoms with E-state index in [-0.39, 0.29) is 5.56 Å². The van der Waals surface area contributed by atoms with E-state index >= 15 is 0 Å². The molecule has 0 aliphatic rings. The van der Waals surface area contributed by atoms with E-state index in [0.29, 0.717) is 21.4 Å². The lowest BCUT2D eigenvalue weighted by molar-refractivity contribution is 0.0696. The molecule has 2 aromatic rings. The van der Waals surface area contributed by atoms with E-state index in [1.54, 1.807) is 24.3 Å². The highest BCUT2D eigenvalue weighted by Gasteiger charge is 2.17. The molecule has 2 aromatic carbocycles. The molecule has 2 rings (SSSR count). The minimum absolute atomic E-state index is 0.160. The summed E-state index contributed by atoms with van der Waals surface area (Å²) in [4.78, 5) is 11.2. The molecule has 0 unspecified atom stereocenters. The van der Waals surface area contributed by atoms with Crippen LogP contribution in [0.15, 0.2) is 39.3 Å². The highest BCUT2D eigenvalue weighted by Crippen LogP contribution is 2.40. The largest absolute Gasteiger partial charge is 0.478 e. The quantitative estimate of drug-likeness (QED) is 0.687. The van der Waals surface area contributed by atoms with Gasteiger partial charge in [-0.15, -0.1) is 0 Å². The first-order chi connectivity index (χ1) is 8.91. The number of rotatable bonds is 2. The lowest BCUT2D eigenvalue weighted by Crippen LogP contribution is -2.02. The Bertz CT molecular complexity index is 672. The van der Waals surface area contributed by atoms with Gasteiger partial charge in [-0.3, -0.25) is 0 Å². The zero-order valence-corrected chi connectivity index (χ0v) is 12.8. The highest BCUT2D eigenvalue weighted by atomic mass is 79.9. The number of hydrogen-bond acceptors (Lipinski definition) is 3. The number of carboxylic acid groups (broad SMARTS) is 1. The smallest absolute Gasteiger partial charge is 0.336 e. The molecule has 0 aliphatic heterocycles. The van der Waals surface area contributed by atoms with Gasteiger partial charge in [0, 0.05) is 25.9 Å². The normalized spacial score (nSPS) is 10.4. The van der Waals surface area contributed by atoms with Crippen LogP contribution in [-0.4, -0.2) is 11.1 Å². The van der Waals surface area contributed by atoms with Crippen molar-refractivity contribution in [3.05, 3.63) is 44.8 Å². The second kappa shape index (κ2) is 5.22. The predicted molar refractivity (Wildman–Crippen MR) is 83.1 cm³/mol. The average Bonchev–Trinajstić information content (AvgIpc) is 2.31. The van der Waals surface area contributed by atoms with Crippen LogP contribution in [0.1, 0.15) is 10.4 Å². The average molecular weight is 386 g/mol. The van der Waals surface area contributed by atoms with Crippen molar-refractivity contribution < 1.29 is 9.90 Å². The summed E-state index contributed by atoms with van der Waals surface area (Å²) in [6.07, 6.45) is 0. The summed E-state index contributed by atoms with van der Waals surface area (Å²) in [5, 5.41) is 9.14. The Morgan fingerprint density at radius 1 is 1.11 bits per heavy atom. The monoisotopic (exact) mass is 384 g/mol. The summed E-state index contributed by atoms with van der Waals surface area (Å²) < 4.78 is 1.20. The van der Waals surface area contributed by atoms with Crippen LogP contribution < -0.4 is 11.5 Å². The molecule has 0 atom stereocenters. The number of carbonyl (C=O) groups is 1. The third-order valence-electron chi connectivity index (χ3n) is 2.67. The standard InChI is InChI=1S/C13H10Br2N2O2/c14-9-5-6(16)1-2-7(9)11-10(17)4-3-8(12(11)15)13(18)19/h1-5H,16-17H2,(H,18,19). The van der Waals surface area contributed by atoms with E-state index in [1.807, 2.05) is 0 Å². The summed E-state index contributed by atoms with van der Waals surface area (Å²) in [6.45, 7) is 0. The number of anilines is 2. The zero-order valence-electron chi connectivity index (χ0n) is 9.65. The van der Waals surface area contributed by atoms with Gasteiger partial charge in [0.05, 0.1) is 5.56 Å². The van der Waals surface area contributed by atoms with Crippen molar-refractivity contribution in [1.29, 1.82) is 0 Å². The molecule has 0 heterocycles. The van der Waals surface area contributed by atoms with Crippen molar-refractivity contribution in [3.63, 3.8) is 0 Å². The van der Waals surface area contributed by atoms with Crippen molar-refractivity contribution in [2.75, 3.05) is 11.5 Å². The van der Waals surface area contributed by atoms with Crippen LogP contribution in [0.2, 0.25) is 0 Å². The number of aromatic carboxylic acids is 1. The molecule has 0 radical (unpaired) electrons. The number of halogens is 2. The minimum Gasteiger partial charge on any atom is -0.478 e. The van der Waals surface area contributed by atoms with Crippen molar-refractivity contribution in [2.24, 2.45) is 0 Å². The molecule has 19 heavy (non-hydrogen) atoms. The Kier molecular flexibility index (Phi) is 3.82. The van der Waals surface area contributed by atoms with Crippen LogP contribution in [0.3, 0.4) is 0 Å². The third-order valence-corrected chi connectivity index (χ3v) is 4.15. The summed E-state index contributed by atoms with van der Waals surface area (Å²) in [5.74, 6) is -1.01. The Hall–Kier alpha value is -1.53. The zero-order chi connectivity index (χ0) is 14.2. The lowest BCUT2D eigenvalue weighted by Gasteiger charge is -2.13. The summed E-state index contributed by atoms with van der Waals surface area (Å²) in [7, 11) is 0. The van der Waals surface area contributed by atoms with Gasteiger partial charge in [0.2, 0.25) is 0 Å². The number of benzene rings is 2. The predicted octanol–water partition coefficient (Wildman–Crippen LogP) is 3.74. The topological polar surface area (TPSA) is 89.3 Å². The molecule has 0 fully saturated rings. The molecular formula is C13H10Br2N2O2. The SMILES string of the molecule is Nc1ccc(-c2c(N)ccc(C(=O)O)c2Br)c(Br)c1. The molecule has 0 bridgehead atoms. The minimum atomic E-state index is -1.01. The Morgan fingerprint density at radius 3 is 2.37 bits per heavy atom. The molecule has 0 aromatic heterocycles. The molecule has 0 saturated heterocycles. The van der Waals surface area contributed by atoms with E-state index in [0.717, 1.165) is 10.0 Å². The summed E-state index contributed by atoms with van der Waals surface area (Å²) in [5.41, 5.74) is 14.3. The van der Waals surface area contributed by atoms with Crippen LogP contribution in [0.5, 0.6) is 0 Å². The highest BCUT2D eigenvalue weighted by molar-refractivity contribution is 9.11. The van der Waals surface area contributed by atoms with Gasteiger partial charge in [-0.1, -0.05) is 22.0 Å². The molecule has 0 saturated carbocycles. The van der Waals surface area contributed by atoms with Gasteiger partial charge in [-0.2, -0.15) is 0 Å². The van der Waals surface area contributed by atoms with E-state index in [4.69, 9.17) is 16.6 Å². The fraction of sp³-hybridized carbons (Fsp3) is 0. The Labute approximate surface area is 126 Å². The molecule has 6 heteroatoms. The van der Waals surface area contributed by atoms with E-state index in [9.17, 15) is 4.79 Å². The van der Waals surface area contributed by atoms with Crippen molar-refractivity contribution in [2.45, 2.75) is 0 Å². The van der Waals surface area contributed by atoms with Gasteiger partial charge < -0.3 is 16.6 Å².